The summed E-state index contributed by atoms with van der Waals surface area (Å²) >= 11 is 12.2. The Hall–Kier alpha value is -1.32. The van der Waals surface area contributed by atoms with E-state index in [9.17, 15) is 0 Å². The number of furan rings is 1. The third-order valence-electron chi connectivity index (χ3n) is 2.89. The van der Waals surface area contributed by atoms with Gasteiger partial charge in [-0.3, -0.25) is 0 Å². The Morgan fingerprint density at radius 1 is 1.11 bits per heavy atom. The Bertz CT molecular complexity index is 578. The number of aryl methyl sites for hydroxylation is 1. The molecule has 2 aromatic rings. The summed E-state index contributed by atoms with van der Waals surface area (Å²) in [6.45, 7) is 1.96. The standard InChI is InChI=1S/C14H14Cl2O3/c1-8-6-11(17-2)12(18-3)7-9(8)14(16)10-4-5-13(15)19-10/h4-7,14H,1-3H3. The number of hydrogen-bond acceptors (Lipinski definition) is 3. The van der Waals surface area contributed by atoms with Crippen molar-refractivity contribution >= 4 is 23.2 Å². The van der Waals surface area contributed by atoms with Crippen LogP contribution in [0.5, 0.6) is 11.5 Å². The molecule has 2 rings (SSSR count). The molecule has 0 amide bonds. The average Bonchev–Trinajstić information content (AvgIpc) is 2.84. The van der Waals surface area contributed by atoms with Crippen LogP contribution in [0.15, 0.2) is 28.7 Å². The first-order chi connectivity index (χ1) is 9.06. The van der Waals surface area contributed by atoms with E-state index >= 15 is 0 Å². The van der Waals surface area contributed by atoms with Crippen molar-refractivity contribution in [2.24, 2.45) is 0 Å². The van der Waals surface area contributed by atoms with Crippen LogP contribution in [-0.4, -0.2) is 14.2 Å². The summed E-state index contributed by atoms with van der Waals surface area (Å²) in [5.41, 5.74) is 1.88. The van der Waals surface area contributed by atoms with Gasteiger partial charge in [-0.25, -0.2) is 0 Å². The van der Waals surface area contributed by atoms with Crippen molar-refractivity contribution in [1.82, 2.24) is 0 Å². The zero-order valence-electron chi connectivity index (χ0n) is 10.9. The highest BCUT2D eigenvalue weighted by molar-refractivity contribution is 6.29. The Morgan fingerprint density at radius 3 is 2.26 bits per heavy atom. The number of benzene rings is 1. The smallest absolute Gasteiger partial charge is 0.193 e. The highest BCUT2D eigenvalue weighted by atomic mass is 35.5. The lowest BCUT2D eigenvalue weighted by molar-refractivity contribution is 0.354. The van der Waals surface area contributed by atoms with Gasteiger partial charge in [0.1, 0.15) is 11.1 Å². The molecule has 0 saturated heterocycles. The molecule has 0 aliphatic rings. The minimum atomic E-state index is -0.424. The Labute approximate surface area is 122 Å². The largest absolute Gasteiger partial charge is 0.493 e. The van der Waals surface area contributed by atoms with E-state index in [2.05, 4.69) is 0 Å². The minimum absolute atomic E-state index is 0.318. The summed E-state index contributed by atoms with van der Waals surface area (Å²) in [6.07, 6.45) is 0. The highest BCUT2D eigenvalue weighted by Gasteiger charge is 2.19. The molecule has 1 aromatic heterocycles. The molecule has 19 heavy (non-hydrogen) atoms. The molecule has 0 aliphatic heterocycles. The second-order valence-corrected chi connectivity index (χ2v) is 4.88. The summed E-state index contributed by atoms with van der Waals surface area (Å²) in [5.74, 6) is 1.90. The molecule has 0 radical (unpaired) electrons. The molecule has 0 N–H and O–H groups in total. The number of halogens is 2. The van der Waals surface area contributed by atoms with Crippen molar-refractivity contribution in [1.29, 1.82) is 0 Å². The summed E-state index contributed by atoms with van der Waals surface area (Å²) in [7, 11) is 3.19. The Morgan fingerprint density at radius 2 is 1.74 bits per heavy atom. The van der Waals surface area contributed by atoms with Crippen LogP contribution in [0.25, 0.3) is 0 Å². The fourth-order valence-corrected chi connectivity index (χ4v) is 2.39. The lowest BCUT2D eigenvalue weighted by atomic mass is 10.0. The highest BCUT2D eigenvalue weighted by Crippen LogP contribution is 2.38. The van der Waals surface area contributed by atoms with Gasteiger partial charge in [0.25, 0.3) is 0 Å². The van der Waals surface area contributed by atoms with Crippen LogP contribution >= 0.6 is 23.2 Å². The molecule has 1 unspecified atom stereocenters. The van der Waals surface area contributed by atoms with Crippen molar-refractivity contribution in [3.8, 4) is 11.5 Å². The van der Waals surface area contributed by atoms with Crippen molar-refractivity contribution in [2.75, 3.05) is 14.2 Å². The molecular weight excluding hydrogens is 287 g/mol. The maximum atomic E-state index is 6.43. The van der Waals surface area contributed by atoms with E-state index in [4.69, 9.17) is 37.1 Å². The molecule has 1 aromatic carbocycles. The van der Waals surface area contributed by atoms with Crippen molar-refractivity contribution in [3.63, 3.8) is 0 Å². The zero-order valence-corrected chi connectivity index (χ0v) is 12.4. The quantitative estimate of drug-likeness (QED) is 0.774. The number of methoxy groups -OCH3 is 2. The van der Waals surface area contributed by atoms with Gasteiger partial charge in [0, 0.05) is 0 Å². The Kier molecular flexibility index (Phi) is 4.27. The van der Waals surface area contributed by atoms with Crippen LogP contribution in [-0.2, 0) is 0 Å². The van der Waals surface area contributed by atoms with E-state index in [0.29, 0.717) is 22.5 Å². The van der Waals surface area contributed by atoms with Gasteiger partial charge in [-0.15, -0.1) is 11.6 Å². The predicted molar refractivity (Wildman–Crippen MR) is 75.7 cm³/mol. The van der Waals surface area contributed by atoms with Crippen molar-refractivity contribution in [2.45, 2.75) is 12.3 Å². The lowest BCUT2D eigenvalue weighted by Gasteiger charge is -2.15. The Balaban J connectivity index is 2.44. The van der Waals surface area contributed by atoms with Crippen molar-refractivity contribution < 1.29 is 13.9 Å². The molecule has 3 nitrogen and oxygen atoms in total. The summed E-state index contributed by atoms with van der Waals surface area (Å²) in [4.78, 5) is 0. The first-order valence-electron chi connectivity index (χ1n) is 5.68. The number of hydrogen-bond donors (Lipinski definition) is 0. The summed E-state index contributed by atoms with van der Waals surface area (Å²) in [5, 5.41) is -0.105. The first-order valence-corrected chi connectivity index (χ1v) is 6.50. The van der Waals surface area contributed by atoms with E-state index in [0.717, 1.165) is 11.1 Å². The van der Waals surface area contributed by atoms with Gasteiger partial charge in [0.2, 0.25) is 0 Å². The van der Waals surface area contributed by atoms with Gasteiger partial charge in [0.05, 0.1) is 14.2 Å². The number of alkyl halides is 1. The van der Waals surface area contributed by atoms with Gasteiger partial charge < -0.3 is 13.9 Å². The minimum Gasteiger partial charge on any atom is -0.493 e. The molecule has 102 valence electrons. The first kappa shape index (κ1) is 14.1. The maximum Gasteiger partial charge on any atom is 0.193 e. The molecule has 0 saturated carbocycles. The summed E-state index contributed by atoms with van der Waals surface area (Å²) in [6, 6.07) is 7.16. The van der Waals surface area contributed by atoms with Gasteiger partial charge in [-0.05, 0) is 53.9 Å². The van der Waals surface area contributed by atoms with E-state index in [1.165, 1.54) is 0 Å². The maximum absolute atomic E-state index is 6.43. The van der Waals surface area contributed by atoms with Crippen LogP contribution in [0.4, 0.5) is 0 Å². The molecule has 0 bridgehead atoms. The molecular formula is C14H14Cl2O3. The zero-order chi connectivity index (χ0) is 14.0. The molecule has 1 atom stereocenters. The lowest BCUT2D eigenvalue weighted by Crippen LogP contribution is -1.99. The number of rotatable bonds is 4. The fraction of sp³-hybridized carbons (Fsp3) is 0.286. The van der Waals surface area contributed by atoms with Gasteiger partial charge in [-0.2, -0.15) is 0 Å². The second kappa shape index (κ2) is 5.76. The van der Waals surface area contributed by atoms with Crippen LogP contribution < -0.4 is 9.47 Å². The number of ether oxygens (including phenoxy) is 2. The van der Waals surface area contributed by atoms with E-state index in [-0.39, 0.29) is 0 Å². The second-order valence-electron chi connectivity index (χ2n) is 4.07. The van der Waals surface area contributed by atoms with Gasteiger partial charge in [0.15, 0.2) is 16.7 Å². The van der Waals surface area contributed by atoms with Crippen LogP contribution in [0.2, 0.25) is 5.22 Å². The molecule has 0 fully saturated rings. The van der Waals surface area contributed by atoms with E-state index < -0.39 is 5.38 Å². The van der Waals surface area contributed by atoms with E-state index in [1.807, 2.05) is 19.1 Å². The predicted octanol–water partition coefficient (Wildman–Crippen LogP) is 4.59. The summed E-state index contributed by atoms with van der Waals surface area (Å²) < 4.78 is 15.9. The van der Waals surface area contributed by atoms with Crippen LogP contribution in [0.3, 0.4) is 0 Å². The van der Waals surface area contributed by atoms with E-state index in [1.54, 1.807) is 26.4 Å². The molecule has 0 aliphatic carbocycles. The SMILES string of the molecule is COc1cc(C)c(C(Cl)c2ccc(Cl)o2)cc1OC. The fourth-order valence-electron chi connectivity index (χ4n) is 1.89. The molecule has 5 heteroatoms. The topological polar surface area (TPSA) is 31.6 Å². The average molecular weight is 301 g/mol. The third-order valence-corrected chi connectivity index (χ3v) is 3.54. The normalized spacial score (nSPS) is 12.3. The molecule has 0 spiro atoms. The van der Waals surface area contributed by atoms with Gasteiger partial charge >= 0.3 is 0 Å². The monoisotopic (exact) mass is 300 g/mol. The molecule has 1 heterocycles. The van der Waals surface area contributed by atoms with Crippen molar-refractivity contribution in [3.05, 3.63) is 46.4 Å². The van der Waals surface area contributed by atoms with Gasteiger partial charge in [-0.1, -0.05) is 0 Å². The van der Waals surface area contributed by atoms with Crippen LogP contribution in [0.1, 0.15) is 22.3 Å². The third kappa shape index (κ3) is 2.82. The van der Waals surface area contributed by atoms with Crippen LogP contribution in [0, 0.1) is 6.92 Å².